The number of carbonyl (C=O) groups excluding carboxylic acids is 1. The molecule has 0 unspecified atom stereocenters. The van der Waals surface area contributed by atoms with E-state index in [2.05, 4.69) is 23.2 Å². The van der Waals surface area contributed by atoms with Gasteiger partial charge in [0.15, 0.2) is 5.16 Å². The Hall–Kier alpha value is -3.84. The lowest BCUT2D eigenvalue weighted by atomic mass is 10.0. The second kappa shape index (κ2) is 8.99. The molecule has 1 N–H and O–H groups in total. The van der Waals surface area contributed by atoms with Crippen LogP contribution in [0.1, 0.15) is 22.4 Å². The van der Waals surface area contributed by atoms with Gasteiger partial charge in [0.1, 0.15) is 0 Å². The lowest BCUT2D eigenvalue weighted by Gasteiger charge is -2.27. The van der Waals surface area contributed by atoms with Crippen LogP contribution in [-0.4, -0.2) is 37.6 Å². The Kier molecular flexibility index (Phi) is 5.64. The van der Waals surface area contributed by atoms with Gasteiger partial charge in [0, 0.05) is 41.7 Å². The van der Waals surface area contributed by atoms with E-state index >= 15 is 0 Å². The van der Waals surface area contributed by atoms with Crippen LogP contribution < -0.4 is 5.56 Å². The number of aromatic nitrogens is 3. The van der Waals surface area contributed by atoms with E-state index in [9.17, 15) is 9.59 Å². The molecule has 0 spiro atoms. The summed E-state index contributed by atoms with van der Waals surface area (Å²) in [4.78, 5) is 37.1. The van der Waals surface area contributed by atoms with Crippen molar-refractivity contribution < 1.29 is 4.79 Å². The normalized spacial score (nSPS) is 13.3. The highest BCUT2D eigenvalue weighted by atomic mass is 32.2. The summed E-state index contributed by atoms with van der Waals surface area (Å²) in [7, 11) is 0. The smallest absolute Gasteiger partial charge is 0.266 e. The Morgan fingerprint density at radius 1 is 1.03 bits per heavy atom. The van der Waals surface area contributed by atoms with Gasteiger partial charge in [0.25, 0.3) is 5.56 Å². The number of aromatic amines is 1. The van der Waals surface area contributed by atoms with Gasteiger partial charge in [-0.1, -0.05) is 59.8 Å². The molecule has 0 saturated carbocycles. The van der Waals surface area contributed by atoms with Gasteiger partial charge in [-0.2, -0.15) is 0 Å². The van der Waals surface area contributed by atoms with Gasteiger partial charge in [-0.05, 0) is 43.7 Å². The van der Waals surface area contributed by atoms with Gasteiger partial charge in [0.05, 0.1) is 22.3 Å². The van der Waals surface area contributed by atoms with Crippen LogP contribution in [0.15, 0.2) is 76.7 Å². The number of para-hydroxylation sites is 2. The summed E-state index contributed by atoms with van der Waals surface area (Å²) in [6, 6.07) is 21.6. The Balaban J connectivity index is 1.32. The quantitative estimate of drug-likeness (QED) is 0.277. The van der Waals surface area contributed by atoms with E-state index in [0.717, 1.165) is 28.8 Å². The molecule has 0 radical (unpaired) electrons. The minimum Gasteiger partial charge on any atom is -0.358 e. The van der Waals surface area contributed by atoms with Gasteiger partial charge in [-0.3, -0.25) is 14.2 Å². The molecule has 0 saturated heterocycles. The van der Waals surface area contributed by atoms with Gasteiger partial charge < -0.3 is 9.88 Å². The van der Waals surface area contributed by atoms with Crippen molar-refractivity contribution >= 4 is 39.5 Å². The number of aryl methyl sites for hydroxylation is 2. The lowest BCUT2D eigenvalue weighted by Crippen LogP contribution is -2.37. The van der Waals surface area contributed by atoms with Crippen LogP contribution >= 0.6 is 11.8 Å². The monoisotopic (exact) mass is 494 g/mol. The third-order valence-electron chi connectivity index (χ3n) is 6.90. The minimum atomic E-state index is -0.121. The molecule has 0 fully saturated rings. The van der Waals surface area contributed by atoms with E-state index < -0.39 is 0 Å². The average molecular weight is 495 g/mol. The van der Waals surface area contributed by atoms with Crippen LogP contribution in [0.2, 0.25) is 0 Å². The first kappa shape index (κ1) is 22.6. The second-order valence-corrected chi connectivity index (χ2v) is 10.3. The molecular formula is C29H26N4O2S. The van der Waals surface area contributed by atoms with Crippen molar-refractivity contribution in [3.63, 3.8) is 0 Å². The van der Waals surface area contributed by atoms with Gasteiger partial charge in [-0.15, -0.1) is 0 Å². The summed E-state index contributed by atoms with van der Waals surface area (Å²) in [5.74, 6) is 0.262. The van der Waals surface area contributed by atoms with Crippen molar-refractivity contribution in [1.82, 2.24) is 19.4 Å². The summed E-state index contributed by atoms with van der Waals surface area (Å²) < 4.78 is 1.66. The zero-order valence-corrected chi connectivity index (χ0v) is 21.1. The molecule has 1 amide bonds. The Morgan fingerprint density at radius 2 is 1.81 bits per heavy atom. The predicted octanol–water partition coefficient (Wildman–Crippen LogP) is 5.16. The number of hydrogen-bond donors (Lipinski definition) is 1. The molecule has 3 aromatic carbocycles. The van der Waals surface area contributed by atoms with E-state index in [4.69, 9.17) is 4.98 Å². The number of carbonyl (C=O) groups is 1. The van der Waals surface area contributed by atoms with E-state index in [1.165, 1.54) is 28.4 Å². The van der Waals surface area contributed by atoms with Crippen LogP contribution in [0, 0.1) is 13.8 Å². The van der Waals surface area contributed by atoms with Crippen LogP contribution in [0.25, 0.3) is 27.5 Å². The van der Waals surface area contributed by atoms with Crippen molar-refractivity contribution in [2.24, 2.45) is 0 Å². The summed E-state index contributed by atoms with van der Waals surface area (Å²) in [5, 5.41) is 2.28. The zero-order valence-electron chi connectivity index (χ0n) is 20.2. The molecule has 6 nitrogen and oxygen atoms in total. The zero-order chi connectivity index (χ0) is 24.8. The Labute approximate surface area is 213 Å². The standard InChI is InChI=1S/C29H26N4O2S/c1-18-11-12-26(19(2)15-18)33-28(35)21-8-4-6-10-24(21)31-29(33)36-17-27(34)32-14-13-25-22(16-32)20-7-3-5-9-23(20)30-25/h3-12,15,30H,13-14,16-17H2,1-2H3. The number of fused-ring (bicyclic) bond motifs is 4. The fraction of sp³-hybridized carbons (Fsp3) is 0.207. The highest BCUT2D eigenvalue weighted by molar-refractivity contribution is 7.99. The molecule has 3 heterocycles. The molecule has 0 aliphatic carbocycles. The molecule has 180 valence electrons. The highest BCUT2D eigenvalue weighted by Gasteiger charge is 2.25. The number of hydrogen-bond acceptors (Lipinski definition) is 4. The van der Waals surface area contributed by atoms with Gasteiger partial charge in [-0.25, -0.2) is 4.98 Å². The molecule has 7 heteroatoms. The van der Waals surface area contributed by atoms with Crippen LogP contribution in [0.3, 0.4) is 0 Å². The SMILES string of the molecule is Cc1ccc(-n2c(SCC(=O)N3CCc4[nH]c5ccccc5c4C3)nc3ccccc3c2=O)c(C)c1. The molecule has 0 bridgehead atoms. The first-order valence-corrected chi connectivity index (χ1v) is 13.1. The molecule has 2 aromatic heterocycles. The molecule has 36 heavy (non-hydrogen) atoms. The van der Waals surface area contributed by atoms with Crippen LogP contribution in [0.5, 0.6) is 0 Å². The predicted molar refractivity (Wildman–Crippen MR) is 145 cm³/mol. The van der Waals surface area contributed by atoms with Crippen molar-refractivity contribution in [2.75, 3.05) is 12.3 Å². The molecular weight excluding hydrogens is 468 g/mol. The fourth-order valence-corrected chi connectivity index (χ4v) is 5.98. The second-order valence-electron chi connectivity index (χ2n) is 9.32. The Bertz CT molecular complexity index is 1700. The summed E-state index contributed by atoms with van der Waals surface area (Å²) >= 11 is 1.33. The largest absolute Gasteiger partial charge is 0.358 e. The number of nitrogens with zero attached hydrogens (tertiary/aromatic N) is 3. The third-order valence-corrected chi connectivity index (χ3v) is 7.82. The van der Waals surface area contributed by atoms with E-state index in [1.54, 1.807) is 10.6 Å². The van der Waals surface area contributed by atoms with Crippen molar-refractivity contribution in [3.05, 3.63) is 99.5 Å². The number of benzene rings is 3. The van der Waals surface area contributed by atoms with Crippen molar-refractivity contribution in [3.8, 4) is 5.69 Å². The molecule has 6 rings (SSSR count). The maximum Gasteiger partial charge on any atom is 0.266 e. The van der Waals surface area contributed by atoms with E-state index in [1.807, 2.05) is 61.2 Å². The number of nitrogens with one attached hydrogen (secondary N) is 1. The van der Waals surface area contributed by atoms with Crippen molar-refractivity contribution in [1.29, 1.82) is 0 Å². The molecule has 0 atom stereocenters. The Morgan fingerprint density at radius 3 is 2.64 bits per heavy atom. The maximum absolute atomic E-state index is 13.6. The number of rotatable bonds is 4. The highest BCUT2D eigenvalue weighted by Crippen LogP contribution is 2.29. The van der Waals surface area contributed by atoms with E-state index in [-0.39, 0.29) is 17.2 Å². The van der Waals surface area contributed by atoms with Gasteiger partial charge >= 0.3 is 0 Å². The number of thioether (sulfide) groups is 1. The summed E-state index contributed by atoms with van der Waals surface area (Å²) in [6.07, 6.45) is 0.807. The fourth-order valence-electron chi connectivity index (χ4n) is 5.07. The maximum atomic E-state index is 13.6. The van der Waals surface area contributed by atoms with Gasteiger partial charge in [0.2, 0.25) is 5.91 Å². The number of amides is 1. The van der Waals surface area contributed by atoms with Crippen LogP contribution in [0.4, 0.5) is 0 Å². The molecule has 1 aliphatic rings. The first-order valence-electron chi connectivity index (χ1n) is 12.1. The summed E-state index contributed by atoms with van der Waals surface area (Å²) in [5.41, 5.74) is 6.96. The average Bonchev–Trinajstić information content (AvgIpc) is 3.26. The number of H-pyrrole nitrogens is 1. The lowest BCUT2D eigenvalue weighted by molar-refractivity contribution is -0.129. The first-order chi connectivity index (χ1) is 17.5. The summed E-state index contributed by atoms with van der Waals surface area (Å²) in [6.45, 7) is 5.29. The topological polar surface area (TPSA) is 71.0 Å². The molecule has 5 aromatic rings. The van der Waals surface area contributed by atoms with E-state index in [0.29, 0.717) is 29.1 Å². The molecule has 1 aliphatic heterocycles. The van der Waals surface area contributed by atoms with Crippen molar-refractivity contribution in [2.45, 2.75) is 32.0 Å². The minimum absolute atomic E-state index is 0.0468. The van der Waals surface area contributed by atoms with Crippen LogP contribution in [-0.2, 0) is 17.8 Å². The third kappa shape index (κ3) is 3.89.